The van der Waals surface area contributed by atoms with Gasteiger partial charge in [0.1, 0.15) is 17.1 Å². The lowest BCUT2D eigenvalue weighted by atomic mass is 9.76. The van der Waals surface area contributed by atoms with Crippen LogP contribution in [0.1, 0.15) is 32.1 Å². The fourth-order valence-electron chi connectivity index (χ4n) is 3.89. The zero-order chi connectivity index (χ0) is 25.3. The Kier molecular flexibility index (Phi) is 8.90. The molecule has 0 bridgehead atoms. The maximum atomic E-state index is 11.5. The van der Waals surface area contributed by atoms with Gasteiger partial charge in [-0.05, 0) is 55.9 Å². The number of hydrogen-bond donors (Lipinski definition) is 4. The van der Waals surface area contributed by atoms with Gasteiger partial charge in [0.15, 0.2) is 12.5 Å². The minimum atomic E-state index is -3.86. The number of nitrogens with one attached hydrogen (secondary N) is 2. The van der Waals surface area contributed by atoms with Crippen molar-refractivity contribution in [1.29, 1.82) is 0 Å². The van der Waals surface area contributed by atoms with Gasteiger partial charge in [0.2, 0.25) is 10.0 Å². The summed E-state index contributed by atoms with van der Waals surface area (Å²) in [6, 6.07) is 13.3. The fourth-order valence-corrected chi connectivity index (χ4v) is 4.98. The van der Waals surface area contributed by atoms with Crippen LogP contribution in [0.15, 0.2) is 64.8 Å². The molecule has 12 heteroatoms. The standard InChI is InChI=1S/C15H19N3O2.C8H10N2O4S/c19-11-13-9-15(20-18-13)6-4-12(5-7-15)10-17-14-3-1-2-8-16-14;9-7(8(11)12)10-15(13,14)6-4-2-1-3-5-6/h1-3,8,11-12H,4-7,9-10H2,(H,16,17);1-5,7,10H,9H2,(H,11,12). The van der Waals surface area contributed by atoms with Crippen molar-refractivity contribution in [1.82, 2.24) is 9.71 Å². The molecule has 1 saturated carbocycles. The number of aliphatic carboxylic acids is 1. The highest BCUT2D eigenvalue weighted by molar-refractivity contribution is 7.89. The molecule has 1 unspecified atom stereocenters. The third-order valence-corrected chi connectivity index (χ3v) is 7.31. The summed E-state index contributed by atoms with van der Waals surface area (Å²) in [4.78, 5) is 30.8. The van der Waals surface area contributed by atoms with E-state index in [2.05, 4.69) is 15.5 Å². The molecule has 5 N–H and O–H groups in total. The minimum Gasteiger partial charge on any atom is -0.479 e. The van der Waals surface area contributed by atoms with Crippen molar-refractivity contribution in [3.63, 3.8) is 0 Å². The number of aldehydes is 1. The first-order chi connectivity index (χ1) is 16.7. The van der Waals surface area contributed by atoms with Gasteiger partial charge in [-0.15, -0.1) is 0 Å². The van der Waals surface area contributed by atoms with Crippen LogP contribution in [0.25, 0.3) is 0 Å². The molecule has 1 spiro atoms. The number of aromatic nitrogens is 1. The number of carbonyl (C=O) groups excluding carboxylic acids is 1. The average molecular weight is 504 g/mol. The number of hydrogen-bond acceptors (Lipinski definition) is 9. The first-order valence-electron chi connectivity index (χ1n) is 11.1. The van der Waals surface area contributed by atoms with Gasteiger partial charge in [-0.3, -0.25) is 4.79 Å². The van der Waals surface area contributed by atoms with E-state index in [0.717, 1.165) is 44.3 Å². The van der Waals surface area contributed by atoms with E-state index in [9.17, 15) is 18.0 Å². The van der Waals surface area contributed by atoms with E-state index in [-0.39, 0.29) is 10.5 Å². The highest BCUT2D eigenvalue weighted by Crippen LogP contribution is 2.40. The zero-order valence-electron chi connectivity index (χ0n) is 19.0. The normalized spacial score (nSPS) is 22.2. The van der Waals surface area contributed by atoms with E-state index in [1.54, 1.807) is 12.3 Å². The Morgan fingerprint density at radius 2 is 1.89 bits per heavy atom. The molecule has 0 radical (unpaired) electrons. The zero-order valence-corrected chi connectivity index (χ0v) is 19.9. The van der Waals surface area contributed by atoms with Crippen LogP contribution >= 0.6 is 0 Å². The molecule has 35 heavy (non-hydrogen) atoms. The van der Waals surface area contributed by atoms with Crippen LogP contribution in [0.4, 0.5) is 5.82 Å². The maximum Gasteiger partial charge on any atom is 0.336 e. The van der Waals surface area contributed by atoms with Gasteiger partial charge in [0.05, 0.1) is 4.90 Å². The summed E-state index contributed by atoms with van der Waals surface area (Å²) in [7, 11) is -3.86. The molecule has 0 saturated heterocycles. The lowest BCUT2D eigenvalue weighted by Gasteiger charge is -2.34. The largest absolute Gasteiger partial charge is 0.479 e. The number of nitrogens with two attached hydrogens (primary N) is 1. The quantitative estimate of drug-likeness (QED) is 0.309. The topological polar surface area (TPSA) is 173 Å². The van der Waals surface area contributed by atoms with Crippen molar-refractivity contribution < 1.29 is 28.0 Å². The van der Waals surface area contributed by atoms with Gasteiger partial charge in [0.25, 0.3) is 0 Å². The molecule has 4 rings (SSSR count). The second kappa shape index (κ2) is 11.9. The van der Waals surface area contributed by atoms with Gasteiger partial charge >= 0.3 is 5.97 Å². The molecule has 1 fully saturated rings. The first kappa shape index (κ1) is 26.3. The number of carboxylic acid groups (broad SMARTS) is 1. The minimum absolute atomic E-state index is 0.0262. The second-order valence-electron chi connectivity index (χ2n) is 8.44. The predicted octanol–water partition coefficient (Wildman–Crippen LogP) is 1.73. The van der Waals surface area contributed by atoms with Crippen LogP contribution in [0.2, 0.25) is 0 Å². The van der Waals surface area contributed by atoms with Crippen LogP contribution in [0.5, 0.6) is 0 Å². The van der Waals surface area contributed by atoms with Gasteiger partial charge in [0, 0.05) is 19.2 Å². The first-order valence-corrected chi connectivity index (χ1v) is 12.6. The summed E-state index contributed by atoms with van der Waals surface area (Å²) in [5.74, 6) is 0.123. The number of oxime groups is 1. The Morgan fingerprint density at radius 1 is 1.20 bits per heavy atom. The third-order valence-electron chi connectivity index (χ3n) is 5.85. The number of benzene rings is 1. The smallest absolute Gasteiger partial charge is 0.336 e. The number of rotatable bonds is 8. The number of nitrogens with zero attached hydrogens (tertiary/aromatic N) is 2. The molecule has 2 heterocycles. The van der Waals surface area contributed by atoms with Crippen molar-refractivity contribution in [3.8, 4) is 0 Å². The lowest BCUT2D eigenvalue weighted by molar-refractivity contribution is -0.138. The third kappa shape index (κ3) is 7.57. The number of anilines is 1. The van der Waals surface area contributed by atoms with E-state index in [0.29, 0.717) is 18.1 Å². The Bertz CT molecular complexity index is 1120. The monoisotopic (exact) mass is 503 g/mol. The van der Waals surface area contributed by atoms with Gasteiger partial charge < -0.3 is 21.0 Å². The molecule has 1 aromatic heterocycles. The number of carbonyl (C=O) groups is 2. The summed E-state index contributed by atoms with van der Waals surface area (Å²) in [5.41, 5.74) is 5.40. The molecule has 1 aliphatic carbocycles. The van der Waals surface area contributed by atoms with Crippen LogP contribution < -0.4 is 15.8 Å². The Labute approximate surface area is 203 Å². The molecule has 2 aliphatic rings. The van der Waals surface area contributed by atoms with E-state index in [1.165, 1.54) is 24.3 Å². The van der Waals surface area contributed by atoms with Crippen molar-refractivity contribution in [2.24, 2.45) is 16.8 Å². The van der Waals surface area contributed by atoms with Crippen molar-refractivity contribution in [2.45, 2.75) is 48.8 Å². The molecule has 1 aromatic carbocycles. The molecular formula is C23H29N5O6S. The summed E-state index contributed by atoms with van der Waals surface area (Å²) in [6.07, 6.45) is 5.78. The van der Waals surface area contributed by atoms with Crippen LogP contribution in [0.3, 0.4) is 0 Å². The summed E-state index contributed by atoms with van der Waals surface area (Å²) in [6.45, 7) is 0.939. The number of pyridine rings is 1. The SMILES string of the molecule is NC(NS(=O)(=O)c1ccccc1)C(=O)O.O=CC1=NOC2(CCC(CNc3ccccn3)CC2)C1. The number of sulfonamides is 1. The molecule has 0 amide bonds. The molecular weight excluding hydrogens is 474 g/mol. The fraction of sp³-hybridized carbons (Fsp3) is 0.391. The van der Waals surface area contributed by atoms with Gasteiger partial charge in [-0.25, -0.2) is 18.2 Å². The molecule has 188 valence electrons. The van der Waals surface area contributed by atoms with Crippen LogP contribution in [0, 0.1) is 5.92 Å². The van der Waals surface area contributed by atoms with Gasteiger partial charge in [-0.1, -0.05) is 29.4 Å². The van der Waals surface area contributed by atoms with Gasteiger partial charge in [-0.2, -0.15) is 4.72 Å². The lowest BCUT2D eigenvalue weighted by Crippen LogP contribution is -2.47. The second-order valence-corrected chi connectivity index (χ2v) is 10.2. The van der Waals surface area contributed by atoms with Crippen LogP contribution in [-0.4, -0.2) is 54.8 Å². The Hall–Kier alpha value is -3.35. The average Bonchev–Trinajstić information content (AvgIpc) is 3.28. The van der Waals surface area contributed by atoms with Crippen molar-refractivity contribution in [3.05, 3.63) is 54.7 Å². The molecule has 1 aliphatic heterocycles. The summed E-state index contributed by atoms with van der Waals surface area (Å²) in [5, 5.41) is 15.7. The maximum absolute atomic E-state index is 11.5. The summed E-state index contributed by atoms with van der Waals surface area (Å²) >= 11 is 0. The van der Waals surface area contributed by atoms with E-state index in [4.69, 9.17) is 15.7 Å². The molecule has 1 atom stereocenters. The van der Waals surface area contributed by atoms with Crippen molar-refractivity contribution in [2.75, 3.05) is 11.9 Å². The van der Waals surface area contributed by atoms with Crippen LogP contribution in [-0.2, 0) is 24.4 Å². The Morgan fingerprint density at radius 3 is 2.46 bits per heavy atom. The predicted molar refractivity (Wildman–Crippen MR) is 129 cm³/mol. The molecule has 11 nitrogen and oxygen atoms in total. The number of carboxylic acids is 1. The van der Waals surface area contributed by atoms with E-state index in [1.807, 2.05) is 22.9 Å². The highest BCUT2D eigenvalue weighted by atomic mass is 32.2. The highest BCUT2D eigenvalue weighted by Gasteiger charge is 2.42. The summed E-state index contributed by atoms with van der Waals surface area (Å²) < 4.78 is 24.8. The van der Waals surface area contributed by atoms with Crippen molar-refractivity contribution >= 4 is 33.8 Å². The van der Waals surface area contributed by atoms with E-state index < -0.39 is 22.2 Å². The Balaban J connectivity index is 0.000000205. The van der Waals surface area contributed by atoms with E-state index >= 15 is 0 Å². The molecule has 2 aromatic rings.